The number of nitrogens with zero attached hydrogens (tertiary/aromatic N) is 6. The van der Waals surface area contributed by atoms with Gasteiger partial charge >= 0.3 is 0 Å². The lowest BCUT2D eigenvalue weighted by atomic mass is 10.0. The van der Waals surface area contributed by atoms with Gasteiger partial charge in [-0.3, -0.25) is 14.6 Å². The van der Waals surface area contributed by atoms with Gasteiger partial charge in [0, 0.05) is 36.9 Å². The van der Waals surface area contributed by atoms with Crippen LogP contribution in [0.15, 0.2) is 61.3 Å². The Morgan fingerprint density at radius 1 is 1.11 bits per heavy atom. The van der Waals surface area contributed by atoms with Crippen LogP contribution in [0.25, 0.3) is 32.9 Å². The maximum atomic E-state index is 15.4. The minimum absolute atomic E-state index is 0.0762. The molecule has 0 unspecified atom stereocenters. The Morgan fingerprint density at radius 2 is 2.00 bits per heavy atom. The number of aromatic nitrogens is 5. The molecule has 9 nitrogen and oxygen atoms in total. The molecule has 2 atom stereocenters. The van der Waals surface area contributed by atoms with E-state index in [0.29, 0.717) is 52.3 Å². The third-order valence-electron chi connectivity index (χ3n) is 7.01. The third kappa shape index (κ3) is 4.52. The van der Waals surface area contributed by atoms with Crippen LogP contribution >= 0.6 is 0 Å². The number of nitrogens with one attached hydrogen (secondary N) is 1. The number of likely N-dealkylation sites (N-methyl/N-ethyl adjacent to an activating group) is 1. The average molecular weight is 514 g/mol. The molecule has 1 aliphatic heterocycles. The summed E-state index contributed by atoms with van der Waals surface area (Å²) < 4.78 is 29.5. The standard InChI is InChI=1S/C28H28FN7O2/c1-17(24-15-37-10-9-35(24)2)38-25-12-18(19-13-33-36(3)14-19)11-23-26(25)28(32-16-31-23)34-22-7-6-21-20(27(22)29)5-4-8-30-21/h4-8,11-14,16-17,24H,9-10,15H2,1-3H3,(H,31,32,34)/t17-,24+/m0/s1. The molecule has 0 saturated carbocycles. The SMILES string of the molecule is C[C@H](Oc1cc(-c2cnn(C)c2)cc2ncnc(Nc3ccc4ncccc4c3F)c12)[C@H]1COCCN1C. The summed E-state index contributed by atoms with van der Waals surface area (Å²) in [5, 5.41) is 8.60. The summed E-state index contributed by atoms with van der Waals surface area (Å²) in [5.41, 5.74) is 3.39. The van der Waals surface area contributed by atoms with Crippen molar-refractivity contribution in [2.45, 2.75) is 19.1 Å². The number of benzene rings is 2. The molecule has 3 aromatic heterocycles. The van der Waals surface area contributed by atoms with Crippen LogP contribution in [0, 0.1) is 5.82 Å². The highest BCUT2D eigenvalue weighted by Crippen LogP contribution is 2.38. The number of hydrogen-bond acceptors (Lipinski definition) is 8. The fourth-order valence-corrected chi connectivity index (χ4v) is 4.90. The molecule has 38 heavy (non-hydrogen) atoms. The molecule has 1 fully saturated rings. The molecule has 4 heterocycles. The summed E-state index contributed by atoms with van der Waals surface area (Å²) in [6.45, 7) is 4.15. The Bertz CT molecular complexity index is 1620. The number of anilines is 2. The first-order valence-corrected chi connectivity index (χ1v) is 12.5. The Kier molecular flexibility index (Phi) is 6.34. The maximum Gasteiger partial charge on any atom is 0.156 e. The number of aryl methyl sites for hydroxylation is 1. The molecule has 0 aliphatic carbocycles. The number of hydrogen-bond donors (Lipinski definition) is 1. The van der Waals surface area contributed by atoms with Crippen molar-refractivity contribution in [1.82, 2.24) is 29.6 Å². The molecule has 1 aliphatic rings. The number of morpholine rings is 1. The van der Waals surface area contributed by atoms with Gasteiger partial charge in [-0.25, -0.2) is 14.4 Å². The molecule has 0 radical (unpaired) electrons. The lowest BCUT2D eigenvalue weighted by Crippen LogP contribution is -2.50. The van der Waals surface area contributed by atoms with E-state index >= 15 is 4.39 Å². The molecule has 1 N–H and O–H groups in total. The average Bonchev–Trinajstić information content (AvgIpc) is 3.37. The second kappa shape index (κ2) is 9.96. The van der Waals surface area contributed by atoms with Gasteiger partial charge in [0.15, 0.2) is 5.82 Å². The Balaban J connectivity index is 1.46. The van der Waals surface area contributed by atoms with Gasteiger partial charge in [-0.15, -0.1) is 0 Å². The van der Waals surface area contributed by atoms with E-state index in [1.165, 1.54) is 6.33 Å². The second-order valence-corrected chi connectivity index (χ2v) is 9.56. The van der Waals surface area contributed by atoms with Gasteiger partial charge in [0.05, 0.1) is 47.6 Å². The van der Waals surface area contributed by atoms with Crippen molar-refractivity contribution in [2.75, 3.05) is 32.1 Å². The van der Waals surface area contributed by atoms with Gasteiger partial charge in [0.25, 0.3) is 0 Å². The number of halogens is 1. The molecular formula is C28H28FN7O2. The zero-order chi connectivity index (χ0) is 26.2. The fourth-order valence-electron chi connectivity index (χ4n) is 4.90. The molecule has 0 bridgehead atoms. The van der Waals surface area contributed by atoms with E-state index in [1.54, 1.807) is 41.3 Å². The molecular weight excluding hydrogens is 485 g/mol. The molecule has 2 aromatic carbocycles. The molecule has 0 spiro atoms. The zero-order valence-electron chi connectivity index (χ0n) is 21.4. The topological polar surface area (TPSA) is 90.2 Å². The second-order valence-electron chi connectivity index (χ2n) is 9.56. The predicted octanol–water partition coefficient (Wildman–Crippen LogP) is 4.56. The van der Waals surface area contributed by atoms with E-state index < -0.39 is 5.82 Å². The van der Waals surface area contributed by atoms with Crippen LogP contribution in [0.4, 0.5) is 15.9 Å². The van der Waals surface area contributed by atoms with Gasteiger partial charge in [0.2, 0.25) is 0 Å². The van der Waals surface area contributed by atoms with Crippen molar-refractivity contribution in [3.63, 3.8) is 0 Å². The van der Waals surface area contributed by atoms with Crippen LogP contribution in [0.2, 0.25) is 0 Å². The van der Waals surface area contributed by atoms with Crippen LogP contribution < -0.4 is 10.1 Å². The molecule has 5 aromatic rings. The van der Waals surface area contributed by atoms with Crippen molar-refractivity contribution in [3.05, 3.63) is 67.1 Å². The van der Waals surface area contributed by atoms with E-state index in [2.05, 4.69) is 37.3 Å². The van der Waals surface area contributed by atoms with Gasteiger partial charge in [-0.2, -0.15) is 5.10 Å². The van der Waals surface area contributed by atoms with Crippen molar-refractivity contribution in [2.24, 2.45) is 7.05 Å². The largest absolute Gasteiger partial charge is 0.488 e. The lowest BCUT2D eigenvalue weighted by Gasteiger charge is -2.36. The molecule has 6 rings (SSSR count). The minimum atomic E-state index is -0.397. The zero-order valence-corrected chi connectivity index (χ0v) is 21.4. The molecule has 1 saturated heterocycles. The molecule has 194 valence electrons. The summed E-state index contributed by atoms with van der Waals surface area (Å²) in [4.78, 5) is 15.5. The number of fused-ring (bicyclic) bond motifs is 2. The van der Waals surface area contributed by atoms with Crippen LogP contribution in [-0.2, 0) is 11.8 Å². The maximum absolute atomic E-state index is 15.4. The summed E-state index contributed by atoms with van der Waals surface area (Å²) in [7, 11) is 3.95. The fraction of sp³-hybridized carbons (Fsp3) is 0.286. The normalized spacial score (nSPS) is 17.1. The van der Waals surface area contributed by atoms with Crippen LogP contribution in [-0.4, -0.2) is 68.6 Å². The van der Waals surface area contributed by atoms with E-state index in [9.17, 15) is 0 Å². The number of ether oxygens (including phenoxy) is 2. The highest BCUT2D eigenvalue weighted by Gasteiger charge is 2.28. The van der Waals surface area contributed by atoms with E-state index in [0.717, 1.165) is 17.7 Å². The smallest absolute Gasteiger partial charge is 0.156 e. The summed E-state index contributed by atoms with van der Waals surface area (Å²) in [6.07, 6.45) is 6.66. The highest BCUT2D eigenvalue weighted by atomic mass is 19.1. The van der Waals surface area contributed by atoms with Crippen LogP contribution in [0.1, 0.15) is 6.92 Å². The Hall–Kier alpha value is -4.15. The summed E-state index contributed by atoms with van der Waals surface area (Å²) >= 11 is 0. The quantitative estimate of drug-likeness (QED) is 0.354. The van der Waals surface area contributed by atoms with E-state index in [1.807, 2.05) is 32.3 Å². The first-order chi connectivity index (χ1) is 18.5. The van der Waals surface area contributed by atoms with Crippen molar-refractivity contribution in [1.29, 1.82) is 0 Å². The highest BCUT2D eigenvalue weighted by molar-refractivity contribution is 5.99. The lowest BCUT2D eigenvalue weighted by molar-refractivity contribution is -0.0343. The summed E-state index contributed by atoms with van der Waals surface area (Å²) in [6, 6.07) is 10.9. The van der Waals surface area contributed by atoms with Crippen LogP contribution in [0.5, 0.6) is 5.75 Å². The first kappa shape index (κ1) is 24.2. The predicted molar refractivity (Wildman–Crippen MR) is 144 cm³/mol. The van der Waals surface area contributed by atoms with E-state index in [-0.39, 0.29) is 12.1 Å². The number of rotatable bonds is 6. The monoisotopic (exact) mass is 513 g/mol. The van der Waals surface area contributed by atoms with Gasteiger partial charge in [-0.1, -0.05) is 0 Å². The van der Waals surface area contributed by atoms with Crippen molar-refractivity contribution >= 4 is 33.3 Å². The first-order valence-electron chi connectivity index (χ1n) is 12.5. The Labute approximate surface area is 219 Å². The Morgan fingerprint density at radius 3 is 2.82 bits per heavy atom. The third-order valence-corrected chi connectivity index (χ3v) is 7.01. The molecule has 10 heteroatoms. The van der Waals surface area contributed by atoms with Gasteiger partial charge in [-0.05, 0) is 55.9 Å². The number of pyridine rings is 1. The van der Waals surface area contributed by atoms with Crippen molar-refractivity contribution < 1.29 is 13.9 Å². The summed E-state index contributed by atoms with van der Waals surface area (Å²) in [5.74, 6) is 0.648. The van der Waals surface area contributed by atoms with E-state index in [4.69, 9.17) is 9.47 Å². The van der Waals surface area contributed by atoms with Crippen LogP contribution in [0.3, 0.4) is 0 Å². The minimum Gasteiger partial charge on any atom is -0.488 e. The molecule has 0 amide bonds. The van der Waals surface area contributed by atoms with Gasteiger partial charge < -0.3 is 14.8 Å². The van der Waals surface area contributed by atoms with Crippen molar-refractivity contribution in [3.8, 4) is 16.9 Å². The van der Waals surface area contributed by atoms with Gasteiger partial charge in [0.1, 0.15) is 24.0 Å².